The summed E-state index contributed by atoms with van der Waals surface area (Å²) in [5.41, 5.74) is 8.14. The van der Waals surface area contributed by atoms with Crippen molar-refractivity contribution < 1.29 is 4.55 Å². The molecule has 0 atom stereocenters. The summed E-state index contributed by atoms with van der Waals surface area (Å²) < 4.78 is 8.81. The highest BCUT2D eigenvalue weighted by Crippen LogP contribution is 2.27. The topological polar surface area (TPSA) is 59.1 Å². The second-order valence-corrected chi connectivity index (χ2v) is 3.72. The van der Waals surface area contributed by atoms with Crippen LogP contribution in [0.5, 0.6) is 0 Å². The van der Waals surface area contributed by atoms with Gasteiger partial charge in [-0.3, -0.25) is 4.98 Å². The molecule has 1 aromatic heterocycles. The molecule has 0 fully saturated rings. The molecule has 0 aromatic carbocycles. The second-order valence-electron chi connectivity index (χ2n) is 3.27. The zero-order valence-corrected chi connectivity index (χ0v) is 9.08. The summed E-state index contributed by atoms with van der Waals surface area (Å²) in [5.74, 6) is 0.284. The predicted molar refractivity (Wildman–Crippen MR) is 61.7 cm³/mol. The molecule has 76 valence electrons. The highest BCUT2D eigenvalue weighted by atomic mass is 32.2. The fourth-order valence-corrected chi connectivity index (χ4v) is 1.68. The van der Waals surface area contributed by atoms with Gasteiger partial charge in [0.15, 0.2) is 0 Å². The van der Waals surface area contributed by atoms with Crippen LogP contribution in [0, 0.1) is 5.92 Å². The summed E-state index contributed by atoms with van der Waals surface area (Å²) >= 11 is 0.684. The van der Waals surface area contributed by atoms with E-state index >= 15 is 0 Å². The van der Waals surface area contributed by atoms with Gasteiger partial charge in [-0.25, -0.2) is 0 Å². The number of hydrogen-bond donors (Lipinski definition) is 2. The van der Waals surface area contributed by atoms with Gasteiger partial charge in [-0.1, -0.05) is 13.8 Å². The van der Waals surface area contributed by atoms with Crippen molar-refractivity contribution in [2.75, 3.05) is 5.73 Å². The Morgan fingerprint density at radius 2 is 2.36 bits per heavy atom. The third-order valence-corrected chi connectivity index (χ3v) is 2.27. The van der Waals surface area contributed by atoms with E-state index in [0.717, 1.165) is 11.3 Å². The van der Waals surface area contributed by atoms with Gasteiger partial charge in [0.1, 0.15) is 0 Å². The molecule has 0 aliphatic carbocycles. The smallest absolute Gasteiger partial charge is 0.0899 e. The predicted octanol–water partition coefficient (Wildman–Crippen LogP) is 2.87. The van der Waals surface area contributed by atoms with Crippen LogP contribution >= 0.6 is 12.0 Å². The molecule has 0 saturated heterocycles. The molecule has 3 N–H and O–H groups in total. The lowest BCUT2D eigenvalue weighted by Gasteiger charge is -2.11. The zero-order chi connectivity index (χ0) is 10.6. The number of allylic oxidation sites excluding steroid dienone is 1. The first-order valence-electron chi connectivity index (χ1n) is 4.38. The van der Waals surface area contributed by atoms with Crippen molar-refractivity contribution in [2.45, 2.75) is 13.8 Å². The largest absolute Gasteiger partial charge is 0.397 e. The molecule has 1 aromatic rings. The van der Waals surface area contributed by atoms with Gasteiger partial charge < -0.3 is 10.3 Å². The summed E-state index contributed by atoms with van der Waals surface area (Å²) in [6.45, 7) is 4.08. The Hall–Kier alpha value is -1.00. The fourth-order valence-electron chi connectivity index (χ4n) is 1.18. The van der Waals surface area contributed by atoms with Crippen molar-refractivity contribution in [2.24, 2.45) is 5.92 Å². The van der Waals surface area contributed by atoms with E-state index < -0.39 is 0 Å². The normalized spacial score (nSPS) is 12.1. The molecule has 0 unspecified atom stereocenters. The van der Waals surface area contributed by atoms with Crippen molar-refractivity contribution in [3.05, 3.63) is 29.4 Å². The van der Waals surface area contributed by atoms with E-state index in [-0.39, 0.29) is 5.92 Å². The monoisotopic (exact) mass is 210 g/mol. The maximum absolute atomic E-state index is 8.81. The Morgan fingerprint density at radius 3 is 2.86 bits per heavy atom. The van der Waals surface area contributed by atoms with Crippen LogP contribution in [0.25, 0.3) is 5.57 Å². The molecule has 1 heterocycles. The molecule has 0 spiro atoms. The van der Waals surface area contributed by atoms with E-state index in [0.29, 0.717) is 17.7 Å². The van der Waals surface area contributed by atoms with E-state index in [2.05, 4.69) is 4.98 Å². The molecule has 4 heteroatoms. The maximum Gasteiger partial charge on any atom is 0.0899 e. The standard InChI is InChI=1S/C10H14N2OS/c1-7(2)8(6-14-13)10-9(11)4-3-5-12-10/h3-7,13H,11H2,1-2H3/b8-6-. The van der Waals surface area contributed by atoms with E-state index in [9.17, 15) is 0 Å². The Bertz CT molecular complexity index is 337. The van der Waals surface area contributed by atoms with Crippen LogP contribution < -0.4 is 5.73 Å². The minimum Gasteiger partial charge on any atom is -0.397 e. The fraction of sp³-hybridized carbons (Fsp3) is 0.300. The average Bonchev–Trinajstić information content (AvgIpc) is 2.15. The lowest BCUT2D eigenvalue weighted by Crippen LogP contribution is -2.01. The first-order valence-corrected chi connectivity index (χ1v) is 5.21. The number of anilines is 1. The van der Waals surface area contributed by atoms with Crippen LogP contribution in [0.15, 0.2) is 23.7 Å². The molecule has 3 nitrogen and oxygen atoms in total. The zero-order valence-electron chi connectivity index (χ0n) is 8.27. The van der Waals surface area contributed by atoms with Crippen LogP contribution in [-0.4, -0.2) is 9.54 Å². The highest BCUT2D eigenvalue weighted by molar-refractivity contribution is 7.96. The quantitative estimate of drug-likeness (QED) is 0.753. The van der Waals surface area contributed by atoms with E-state index in [4.69, 9.17) is 10.3 Å². The number of hydrogen-bond acceptors (Lipinski definition) is 4. The molecule has 0 aliphatic rings. The maximum atomic E-state index is 8.81. The Labute approximate surface area is 88.3 Å². The minimum absolute atomic E-state index is 0.284. The van der Waals surface area contributed by atoms with Gasteiger partial charge >= 0.3 is 0 Å². The summed E-state index contributed by atoms with van der Waals surface area (Å²) in [4.78, 5) is 4.20. The van der Waals surface area contributed by atoms with Gasteiger partial charge in [-0.05, 0) is 23.6 Å². The van der Waals surface area contributed by atoms with Crippen molar-refractivity contribution in [1.29, 1.82) is 0 Å². The van der Waals surface area contributed by atoms with Crippen LogP contribution in [0.4, 0.5) is 5.69 Å². The van der Waals surface area contributed by atoms with E-state index in [1.54, 1.807) is 23.7 Å². The Balaban J connectivity index is 3.12. The Kier molecular flexibility index (Phi) is 3.98. The number of rotatable bonds is 3. The van der Waals surface area contributed by atoms with Crippen LogP contribution in [0.2, 0.25) is 0 Å². The Morgan fingerprint density at radius 1 is 1.64 bits per heavy atom. The van der Waals surface area contributed by atoms with Crippen molar-refractivity contribution in [3.63, 3.8) is 0 Å². The summed E-state index contributed by atoms with van der Waals surface area (Å²) in [6, 6.07) is 3.60. The average molecular weight is 210 g/mol. The molecule has 0 bridgehead atoms. The van der Waals surface area contributed by atoms with Crippen LogP contribution in [0.1, 0.15) is 19.5 Å². The van der Waals surface area contributed by atoms with Crippen molar-refractivity contribution in [1.82, 2.24) is 4.98 Å². The van der Waals surface area contributed by atoms with Gasteiger partial charge in [0.2, 0.25) is 0 Å². The van der Waals surface area contributed by atoms with Crippen LogP contribution in [-0.2, 0) is 0 Å². The van der Waals surface area contributed by atoms with Gasteiger partial charge in [-0.2, -0.15) is 0 Å². The first kappa shape index (κ1) is 11.1. The van der Waals surface area contributed by atoms with Gasteiger partial charge in [0.05, 0.1) is 11.4 Å². The number of nitrogens with two attached hydrogens (primary N) is 1. The molecular formula is C10H14N2OS. The third kappa shape index (κ3) is 2.49. The highest BCUT2D eigenvalue weighted by Gasteiger charge is 2.10. The first-order chi connectivity index (χ1) is 6.66. The van der Waals surface area contributed by atoms with Crippen LogP contribution in [0.3, 0.4) is 0 Å². The molecule has 0 radical (unpaired) electrons. The number of nitrogen functional groups attached to an aromatic ring is 1. The minimum atomic E-state index is 0.284. The van der Waals surface area contributed by atoms with Gasteiger partial charge in [0.25, 0.3) is 0 Å². The molecule has 0 aliphatic heterocycles. The SMILES string of the molecule is CC(C)/C(=C/SO)c1ncccc1N. The lowest BCUT2D eigenvalue weighted by atomic mass is 10.0. The molecular weight excluding hydrogens is 196 g/mol. The molecule has 1 rings (SSSR count). The van der Waals surface area contributed by atoms with Crippen molar-refractivity contribution >= 4 is 23.3 Å². The third-order valence-electron chi connectivity index (χ3n) is 1.91. The summed E-state index contributed by atoms with van der Waals surface area (Å²) in [5, 5.41) is 1.67. The summed E-state index contributed by atoms with van der Waals surface area (Å²) in [6.07, 6.45) is 1.70. The number of pyridine rings is 1. The number of nitrogens with zero attached hydrogens (tertiary/aromatic N) is 1. The van der Waals surface area contributed by atoms with Gasteiger partial charge in [-0.15, -0.1) is 0 Å². The van der Waals surface area contributed by atoms with Gasteiger partial charge in [0, 0.05) is 23.6 Å². The van der Waals surface area contributed by atoms with E-state index in [1.807, 2.05) is 13.8 Å². The molecule has 0 saturated carbocycles. The second kappa shape index (κ2) is 5.02. The number of aromatic nitrogens is 1. The molecule has 14 heavy (non-hydrogen) atoms. The van der Waals surface area contributed by atoms with E-state index in [1.165, 1.54) is 0 Å². The molecule has 0 amide bonds. The van der Waals surface area contributed by atoms with Crippen molar-refractivity contribution in [3.8, 4) is 0 Å². The summed E-state index contributed by atoms with van der Waals surface area (Å²) in [7, 11) is 0. The lowest BCUT2D eigenvalue weighted by molar-refractivity contribution is 0.671.